The first-order chi connectivity index (χ1) is 15.7. The molecule has 0 aliphatic carbocycles. The van der Waals surface area contributed by atoms with Crippen LogP contribution in [0.3, 0.4) is 0 Å². The Hall–Kier alpha value is -3.34. The summed E-state index contributed by atoms with van der Waals surface area (Å²) in [4.78, 5) is 20.9. The summed E-state index contributed by atoms with van der Waals surface area (Å²) in [5.41, 5.74) is 2.43. The molecular weight excluding hydrogens is 466 g/mol. The minimum atomic E-state index is -3.60. The summed E-state index contributed by atoms with van der Waals surface area (Å²) in [6.07, 6.45) is 5.75. The summed E-state index contributed by atoms with van der Waals surface area (Å²) < 4.78 is 26.4. The van der Waals surface area contributed by atoms with Gasteiger partial charge in [-0.3, -0.25) is 19.4 Å². The standard InChI is InChI=1S/C22H20ClN5O4S/c1-33(31,32)21-8-15(26-22(30)6-14-4-2-3-5-19(14)23)7-20-18(21)12-28(27-20)11-16-9-25-17(13-29)10-24-16/h2-5,7-10,12,29H,6,11,13H2,1H3,(H,26,30). The van der Waals surface area contributed by atoms with Gasteiger partial charge in [-0.05, 0) is 23.8 Å². The second-order valence-electron chi connectivity index (χ2n) is 7.48. The first kappa shape index (κ1) is 22.8. The number of aromatic nitrogens is 4. The van der Waals surface area contributed by atoms with Gasteiger partial charge in [0.2, 0.25) is 5.91 Å². The lowest BCUT2D eigenvalue weighted by Crippen LogP contribution is -2.15. The molecule has 0 saturated carbocycles. The third-order valence-electron chi connectivity index (χ3n) is 4.87. The fourth-order valence-electron chi connectivity index (χ4n) is 3.33. The van der Waals surface area contributed by atoms with Crippen LogP contribution in [0.1, 0.15) is 17.0 Å². The smallest absolute Gasteiger partial charge is 0.228 e. The number of benzene rings is 2. The molecule has 0 spiro atoms. The largest absolute Gasteiger partial charge is 0.390 e. The lowest BCUT2D eigenvalue weighted by Gasteiger charge is -2.09. The Morgan fingerprint density at radius 3 is 2.55 bits per heavy atom. The van der Waals surface area contributed by atoms with Crippen molar-refractivity contribution < 1.29 is 18.3 Å². The Labute approximate surface area is 195 Å². The molecule has 2 aromatic carbocycles. The highest BCUT2D eigenvalue weighted by Gasteiger charge is 2.18. The Morgan fingerprint density at radius 1 is 1.15 bits per heavy atom. The molecule has 2 heterocycles. The number of fused-ring (bicyclic) bond motifs is 1. The van der Waals surface area contributed by atoms with E-state index in [0.717, 1.165) is 6.26 Å². The van der Waals surface area contributed by atoms with Crippen LogP contribution in [0.5, 0.6) is 0 Å². The zero-order chi connectivity index (χ0) is 23.6. The van der Waals surface area contributed by atoms with Crippen LogP contribution >= 0.6 is 11.6 Å². The van der Waals surface area contributed by atoms with Crippen molar-refractivity contribution in [3.8, 4) is 0 Å². The van der Waals surface area contributed by atoms with E-state index in [1.54, 1.807) is 41.2 Å². The second kappa shape index (κ2) is 9.26. The number of aliphatic hydroxyl groups is 1. The minimum absolute atomic E-state index is 0.0445. The first-order valence-electron chi connectivity index (χ1n) is 9.88. The molecule has 11 heteroatoms. The molecule has 0 fully saturated rings. The molecule has 0 atom stereocenters. The zero-order valence-corrected chi connectivity index (χ0v) is 19.1. The Balaban J connectivity index is 1.64. The van der Waals surface area contributed by atoms with Gasteiger partial charge in [0.05, 0.1) is 53.8 Å². The number of aliphatic hydroxyl groups excluding tert-OH is 1. The molecule has 0 bridgehead atoms. The number of nitrogens with zero attached hydrogens (tertiary/aromatic N) is 4. The van der Waals surface area contributed by atoms with Gasteiger partial charge >= 0.3 is 0 Å². The quantitative estimate of drug-likeness (QED) is 0.412. The van der Waals surface area contributed by atoms with Gasteiger partial charge in [-0.2, -0.15) is 5.10 Å². The maximum atomic E-state index is 12.6. The molecule has 2 N–H and O–H groups in total. The molecule has 0 aliphatic heterocycles. The van der Waals surface area contributed by atoms with Crippen LogP contribution in [-0.2, 0) is 34.2 Å². The van der Waals surface area contributed by atoms with Crippen molar-refractivity contribution in [3.63, 3.8) is 0 Å². The molecule has 170 valence electrons. The van der Waals surface area contributed by atoms with Gasteiger partial charge in [-0.15, -0.1) is 0 Å². The fraction of sp³-hybridized carbons (Fsp3) is 0.182. The number of halogens is 1. The lowest BCUT2D eigenvalue weighted by atomic mass is 10.1. The molecule has 2 aromatic heterocycles. The van der Waals surface area contributed by atoms with Crippen LogP contribution in [0.4, 0.5) is 5.69 Å². The highest BCUT2D eigenvalue weighted by atomic mass is 35.5. The van der Waals surface area contributed by atoms with Gasteiger partial charge in [-0.1, -0.05) is 29.8 Å². The van der Waals surface area contributed by atoms with Crippen LogP contribution in [0, 0.1) is 0 Å². The van der Waals surface area contributed by atoms with E-state index >= 15 is 0 Å². The number of carbonyl (C=O) groups is 1. The molecule has 0 aliphatic rings. The first-order valence-corrected chi connectivity index (χ1v) is 12.1. The molecule has 33 heavy (non-hydrogen) atoms. The summed E-state index contributed by atoms with van der Waals surface area (Å²) in [7, 11) is -3.60. The van der Waals surface area contributed by atoms with Gasteiger partial charge in [0.15, 0.2) is 9.84 Å². The molecule has 0 unspecified atom stereocenters. The van der Waals surface area contributed by atoms with E-state index in [1.807, 2.05) is 0 Å². The maximum absolute atomic E-state index is 12.6. The van der Waals surface area contributed by atoms with E-state index in [-0.39, 0.29) is 30.4 Å². The van der Waals surface area contributed by atoms with Crippen molar-refractivity contribution in [2.24, 2.45) is 0 Å². The molecule has 1 amide bonds. The highest BCUT2D eigenvalue weighted by molar-refractivity contribution is 7.91. The molecule has 0 saturated heterocycles. The van der Waals surface area contributed by atoms with Crippen molar-refractivity contribution in [3.05, 3.63) is 77.0 Å². The van der Waals surface area contributed by atoms with E-state index in [4.69, 9.17) is 16.7 Å². The number of rotatable bonds is 7. The number of anilines is 1. The predicted octanol–water partition coefficient (Wildman–Crippen LogP) is 2.61. The van der Waals surface area contributed by atoms with Gasteiger partial charge in [0, 0.05) is 28.5 Å². The average molecular weight is 486 g/mol. The summed E-state index contributed by atoms with van der Waals surface area (Å²) in [5.74, 6) is -0.333. The average Bonchev–Trinajstić information content (AvgIpc) is 3.16. The minimum Gasteiger partial charge on any atom is -0.390 e. The van der Waals surface area contributed by atoms with Gasteiger partial charge < -0.3 is 10.4 Å². The van der Waals surface area contributed by atoms with Crippen molar-refractivity contribution >= 4 is 43.9 Å². The van der Waals surface area contributed by atoms with Crippen LogP contribution < -0.4 is 5.32 Å². The van der Waals surface area contributed by atoms with E-state index in [9.17, 15) is 13.2 Å². The number of hydrogen-bond acceptors (Lipinski definition) is 7. The van der Waals surface area contributed by atoms with E-state index in [2.05, 4.69) is 20.4 Å². The number of amides is 1. The van der Waals surface area contributed by atoms with Crippen LogP contribution in [0.2, 0.25) is 5.02 Å². The van der Waals surface area contributed by atoms with Crippen molar-refractivity contribution in [1.29, 1.82) is 0 Å². The number of hydrogen-bond donors (Lipinski definition) is 2. The Morgan fingerprint density at radius 2 is 1.88 bits per heavy atom. The van der Waals surface area contributed by atoms with Gasteiger partial charge in [0.25, 0.3) is 0 Å². The van der Waals surface area contributed by atoms with Gasteiger partial charge in [0.1, 0.15) is 0 Å². The molecular formula is C22H20ClN5O4S. The topological polar surface area (TPSA) is 127 Å². The van der Waals surface area contributed by atoms with Crippen molar-refractivity contribution in [2.75, 3.05) is 11.6 Å². The molecule has 0 radical (unpaired) electrons. The lowest BCUT2D eigenvalue weighted by molar-refractivity contribution is -0.115. The van der Waals surface area contributed by atoms with Gasteiger partial charge in [-0.25, -0.2) is 8.42 Å². The van der Waals surface area contributed by atoms with Crippen LogP contribution in [0.25, 0.3) is 10.9 Å². The molecule has 9 nitrogen and oxygen atoms in total. The van der Waals surface area contributed by atoms with Crippen molar-refractivity contribution in [1.82, 2.24) is 19.7 Å². The summed E-state index contributed by atoms with van der Waals surface area (Å²) in [6.45, 7) is 0.0480. The zero-order valence-electron chi connectivity index (χ0n) is 17.6. The summed E-state index contributed by atoms with van der Waals surface area (Å²) in [5, 5.41) is 17.2. The Bertz CT molecular complexity index is 1440. The number of carbonyl (C=O) groups excluding carboxylic acids is 1. The third-order valence-corrected chi connectivity index (χ3v) is 6.38. The van der Waals surface area contributed by atoms with Crippen molar-refractivity contribution in [2.45, 2.75) is 24.5 Å². The predicted molar refractivity (Wildman–Crippen MR) is 124 cm³/mol. The molecule has 4 rings (SSSR count). The number of nitrogens with one attached hydrogen (secondary N) is 1. The normalized spacial score (nSPS) is 11.6. The van der Waals surface area contributed by atoms with Crippen LogP contribution in [0.15, 0.2) is 59.9 Å². The maximum Gasteiger partial charge on any atom is 0.228 e. The number of sulfone groups is 1. The van der Waals surface area contributed by atoms with Crippen LogP contribution in [-0.4, -0.2) is 45.4 Å². The second-order valence-corrected chi connectivity index (χ2v) is 9.87. The summed E-state index contributed by atoms with van der Waals surface area (Å²) in [6, 6.07) is 10.1. The SMILES string of the molecule is CS(=O)(=O)c1cc(NC(=O)Cc2ccccc2Cl)cc2nn(Cc3cnc(CO)cn3)cc12. The van der Waals surface area contributed by atoms with E-state index in [0.29, 0.717) is 38.6 Å². The fourth-order valence-corrected chi connectivity index (χ4v) is 4.43. The monoisotopic (exact) mass is 485 g/mol. The van der Waals surface area contributed by atoms with E-state index in [1.165, 1.54) is 18.5 Å². The molecule has 4 aromatic rings. The Kier molecular flexibility index (Phi) is 6.41. The summed E-state index contributed by atoms with van der Waals surface area (Å²) >= 11 is 6.13. The third kappa shape index (κ3) is 5.36. The highest BCUT2D eigenvalue weighted by Crippen LogP contribution is 2.27. The van der Waals surface area contributed by atoms with E-state index < -0.39 is 9.84 Å².